The maximum atomic E-state index is 12.1. The van der Waals surface area contributed by atoms with Gasteiger partial charge in [0.15, 0.2) is 11.4 Å². The highest BCUT2D eigenvalue weighted by molar-refractivity contribution is 5.94. The van der Waals surface area contributed by atoms with E-state index in [1.807, 2.05) is 31.2 Å². The number of carbonyl (C=O) groups is 1. The second-order valence-corrected chi connectivity index (χ2v) is 6.05. The van der Waals surface area contributed by atoms with Crippen LogP contribution in [-0.4, -0.2) is 39.1 Å². The molecule has 1 aromatic carbocycles. The average molecular weight is 317 g/mol. The van der Waals surface area contributed by atoms with Crippen molar-refractivity contribution in [2.75, 3.05) is 13.2 Å². The highest BCUT2D eigenvalue weighted by Gasteiger charge is 2.17. The number of nitrogens with one attached hydrogen (secondary N) is 1. The summed E-state index contributed by atoms with van der Waals surface area (Å²) in [7, 11) is 0. The molecule has 0 aliphatic rings. The van der Waals surface area contributed by atoms with Gasteiger partial charge >= 0.3 is 0 Å². The van der Waals surface area contributed by atoms with Crippen molar-refractivity contribution in [2.24, 2.45) is 5.92 Å². The van der Waals surface area contributed by atoms with Gasteiger partial charge in [0.1, 0.15) is 0 Å². The normalized spacial score (nSPS) is 12.4. The van der Waals surface area contributed by atoms with E-state index >= 15 is 0 Å². The van der Waals surface area contributed by atoms with E-state index in [9.17, 15) is 9.90 Å². The molecule has 23 heavy (non-hydrogen) atoms. The van der Waals surface area contributed by atoms with Crippen molar-refractivity contribution >= 4 is 5.91 Å². The van der Waals surface area contributed by atoms with Gasteiger partial charge < -0.3 is 15.5 Å². The fraction of sp³-hybridized carbons (Fsp3) is 0.412. The Morgan fingerprint density at radius 2 is 2.09 bits per heavy atom. The summed E-state index contributed by atoms with van der Waals surface area (Å²) in [5, 5.41) is 25.8. The van der Waals surface area contributed by atoms with E-state index in [0.717, 1.165) is 11.3 Å². The number of benzene rings is 1. The third-order valence-electron chi connectivity index (χ3n) is 3.63. The standard InChI is InChI=1S/C17H23N3O3/c1-11(2)13-5-4-6-14(7-13)20-9-15(22)16(19-20)17(23)18-8-12(3)10-21/h4-7,9,11-12,21-22H,8,10H2,1-3H3,(H,18,23). The van der Waals surface area contributed by atoms with Crippen LogP contribution < -0.4 is 5.32 Å². The number of aliphatic hydroxyl groups excluding tert-OH is 1. The highest BCUT2D eigenvalue weighted by atomic mass is 16.3. The molecular formula is C17H23N3O3. The van der Waals surface area contributed by atoms with E-state index in [4.69, 9.17) is 5.11 Å². The number of aromatic nitrogens is 2. The van der Waals surface area contributed by atoms with Crippen LogP contribution in [0.25, 0.3) is 5.69 Å². The SMILES string of the molecule is CC(CO)CNC(=O)c1nn(-c2cccc(C(C)C)c2)cc1O. The van der Waals surface area contributed by atoms with Gasteiger partial charge in [0, 0.05) is 13.2 Å². The molecule has 0 aliphatic heterocycles. The van der Waals surface area contributed by atoms with E-state index in [2.05, 4.69) is 24.3 Å². The van der Waals surface area contributed by atoms with Crippen LogP contribution in [0.4, 0.5) is 0 Å². The van der Waals surface area contributed by atoms with Crippen molar-refractivity contribution in [1.29, 1.82) is 0 Å². The summed E-state index contributed by atoms with van der Waals surface area (Å²) >= 11 is 0. The second kappa shape index (κ2) is 7.28. The molecule has 0 spiro atoms. The van der Waals surface area contributed by atoms with Crippen molar-refractivity contribution in [1.82, 2.24) is 15.1 Å². The molecule has 6 nitrogen and oxygen atoms in total. The average Bonchev–Trinajstić information content (AvgIpc) is 2.94. The Morgan fingerprint density at radius 1 is 1.35 bits per heavy atom. The first kappa shape index (κ1) is 17.0. The number of amides is 1. The number of rotatable bonds is 6. The molecule has 0 saturated carbocycles. The van der Waals surface area contributed by atoms with E-state index in [1.165, 1.54) is 10.9 Å². The monoisotopic (exact) mass is 317 g/mol. The number of hydrogen-bond acceptors (Lipinski definition) is 4. The first-order chi connectivity index (χ1) is 10.9. The minimum absolute atomic E-state index is 0.0112. The van der Waals surface area contributed by atoms with Crippen LogP contribution in [0.5, 0.6) is 5.75 Å². The Bertz CT molecular complexity index is 679. The van der Waals surface area contributed by atoms with E-state index in [1.54, 1.807) is 0 Å². The van der Waals surface area contributed by atoms with Crippen LogP contribution in [-0.2, 0) is 0 Å². The van der Waals surface area contributed by atoms with Gasteiger partial charge in [-0.05, 0) is 29.5 Å². The molecule has 1 atom stereocenters. The Hall–Kier alpha value is -2.34. The minimum atomic E-state index is -0.457. The highest BCUT2D eigenvalue weighted by Crippen LogP contribution is 2.21. The van der Waals surface area contributed by atoms with Gasteiger partial charge in [-0.15, -0.1) is 0 Å². The summed E-state index contributed by atoms with van der Waals surface area (Å²) in [6, 6.07) is 7.80. The summed E-state index contributed by atoms with van der Waals surface area (Å²) in [6.07, 6.45) is 1.42. The van der Waals surface area contributed by atoms with Crippen LogP contribution in [0.1, 0.15) is 42.7 Å². The van der Waals surface area contributed by atoms with Crippen molar-refractivity contribution in [3.05, 3.63) is 41.7 Å². The lowest BCUT2D eigenvalue weighted by Crippen LogP contribution is -2.30. The largest absolute Gasteiger partial charge is 0.504 e. The zero-order chi connectivity index (χ0) is 17.0. The molecule has 6 heteroatoms. The van der Waals surface area contributed by atoms with E-state index < -0.39 is 5.91 Å². The fourth-order valence-electron chi connectivity index (χ4n) is 2.10. The van der Waals surface area contributed by atoms with E-state index in [0.29, 0.717) is 12.5 Å². The molecule has 0 aliphatic carbocycles. The number of carbonyl (C=O) groups excluding carboxylic acids is 1. The molecule has 0 radical (unpaired) electrons. The summed E-state index contributed by atoms with van der Waals surface area (Å²) in [5.74, 6) is -0.302. The number of hydrogen-bond donors (Lipinski definition) is 3. The maximum absolute atomic E-state index is 12.1. The zero-order valence-electron chi connectivity index (χ0n) is 13.7. The molecule has 1 aromatic heterocycles. The molecule has 1 unspecified atom stereocenters. The van der Waals surface area contributed by atoms with Gasteiger partial charge in [-0.3, -0.25) is 4.79 Å². The lowest BCUT2D eigenvalue weighted by atomic mass is 10.0. The van der Waals surface area contributed by atoms with Gasteiger partial charge in [0.2, 0.25) is 0 Å². The molecule has 1 heterocycles. The predicted molar refractivity (Wildman–Crippen MR) is 87.9 cm³/mol. The lowest BCUT2D eigenvalue weighted by molar-refractivity contribution is 0.0934. The zero-order valence-corrected chi connectivity index (χ0v) is 13.7. The number of nitrogens with zero attached hydrogens (tertiary/aromatic N) is 2. The molecule has 1 amide bonds. The molecule has 2 rings (SSSR count). The van der Waals surface area contributed by atoms with Gasteiger partial charge in [-0.25, -0.2) is 4.68 Å². The van der Waals surface area contributed by atoms with Gasteiger partial charge in [-0.2, -0.15) is 5.10 Å². The van der Waals surface area contributed by atoms with Gasteiger partial charge in [-0.1, -0.05) is 32.9 Å². The smallest absolute Gasteiger partial charge is 0.275 e. The summed E-state index contributed by atoms with van der Waals surface area (Å²) in [4.78, 5) is 12.1. The second-order valence-electron chi connectivity index (χ2n) is 6.05. The molecule has 0 saturated heterocycles. The third kappa shape index (κ3) is 4.10. The summed E-state index contributed by atoms with van der Waals surface area (Å²) < 4.78 is 1.49. The predicted octanol–water partition coefficient (Wildman–Crippen LogP) is 2.06. The molecule has 0 fully saturated rings. The molecule has 2 aromatic rings. The van der Waals surface area contributed by atoms with Crippen molar-refractivity contribution < 1.29 is 15.0 Å². The van der Waals surface area contributed by atoms with Gasteiger partial charge in [0.05, 0.1) is 11.9 Å². The van der Waals surface area contributed by atoms with Crippen LogP contribution in [0, 0.1) is 5.92 Å². The minimum Gasteiger partial charge on any atom is -0.504 e. The first-order valence-electron chi connectivity index (χ1n) is 7.70. The molecule has 0 bridgehead atoms. The van der Waals surface area contributed by atoms with Crippen molar-refractivity contribution in [3.8, 4) is 11.4 Å². The Kier molecular flexibility index (Phi) is 5.39. The Morgan fingerprint density at radius 3 is 2.74 bits per heavy atom. The number of aromatic hydroxyl groups is 1. The van der Waals surface area contributed by atoms with Crippen LogP contribution in [0.2, 0.25) is 0 Å². The van der Waals surface area contributed by atoms with Crippen LogP contribution in [0.15, 0.2) is 30.5 Å². The molecular weight excluding hydrogens is 294 g/mol. The fourth-order valence-corrected chi connectivity index (χ4v) is 2.10. The molecule has 124 valence electrons. The van der Waals surface area contributed by atoms with E-state index in [-0.39, 0.29) is 24.0 Å². The Labute approximate surface area is 135 Å². The van der Waals surface area contributed by atoms with Gasteiger partial charge in [0.25, 0.3) is 5.91 Å². The third-order valence-corrected chi connectivity index (χ3v) is 3.63. The first-order valence-corrected chi connectivity index (χ1v) is 7.70. The summed E-state index contributed by atoms with van der Waals surface area (Å²) in [5.41, 5.74) is 1.92. The maximum Gasteiger partial charge on any atom is 0.275 e. The van der Waals surface area contributed by atoms with Crippen molar-refractivity contribution in [3.63, 3.8) is 0 Å². The lowest BCUT2D eigenvalue weighted by Gasteiger charge is -2.09. The van der Waals surface area contributed by atoms with Crippen LogP contribution >= 0.6 is 0 Å². The summed E-state index contributed by atoms with van der Waals surface area (Å²) in [6.45, 7) is 6.32. The quantitative estimate of drug-likeness (QED) is 0.761. The number of aliphatic hydroxyl groups is 1. The Balaban J connectivity index is 2.20. The molecule has 3 N–H and O–H groups in total. The van der Waals surface area contributed by atoms with Crippen LogP contribution in [0.3, 0.4) is 0 Å². The topological polar surface area (TPSA) is 87.4 Å². The van der Waals surface area contributed by atoms with Crippen molar-refractivity contribution in [2.45, 2.75) is 26.7 Å².